The van der Waals surface area contributed by atoms with Crippen LogP contribution < -0.4 is 4.18 Å². The maximum Gasteiger partial charge on any atom is 0.311 e. The van der Waals surface area contributed by atoms with Gasteiger partial charge in [-0.15, -0.1) is 0 Å². The lowest BCUT2D eigenvalue weighted by Crippen LogP contribution is -2.42. The van der Waals surface area contributed by atoms with E-state index in [0.29, 0.717) is 35.7 Å². The maximum absolute atomic E-state index is 12.4. The zero-order valence-corrected chi connectivity index (χ0v) is 17.3. The first-order chi connectivity index (χ1) is 12.8. The molecule has 0 radical (unpaired) electrons. The molecule has 3 aliphatic carbocycles. The molecule has 2 fully saturated rings. The Balaban J connectivity index is 1.59. The topological polar surface area (TPSA) is 60.4 Å². The zero-order valence-electron chi connectivity index (χ0n) is 16.5. The maximum atomic E-state index is 12.4. The first-order valence-corrected chi connectivity index (χ1v) is 11.8. The van der Waals surface area contributed by atoms with Crippen molar-refractivity contribution in [3.8, 4) is 5.75 Å². The van der Waals surface area contributed by atoms with Gasteiger partial charge in [-0.1, -0.05) is 19.9 Å². The lowest BCUT2D eigenvalue weighted by Gasteiger charge is -2.48. The predicted molar refractivity (Wildman–Crippen MR) is 105 cm³/mol. The molecule has 0 N–H and O–H groups in total. The standard InChI is InChI=1S/C22H30O4S/c1-4-14(2)27(24,25)26-16-6-8-17-15(13-16)5-7-19-18(17)11-12-22(3)20(19)9-10-21(22)23/h6,8,13-14,18-20H,4-5,7,9-12H2,1-3H3/t14?,18-,19-,20+,22+/m1/s1. The van der Waals surface area contributed by atoms with Crippen molar-refractivity contribution < 1.29 is 17.4 Å². The van der Waals surface area contributed by atoms with Crippen molar-refractivity contribution in [3.63, 3.8) is 0 Å². The van der Waals surface area contributed by atoms with Crippen molar-refractivity contribution in [2.45, 2.75) is 76.9 Å². The average Bonchev–Trinajstić information content (AvgIpc) is 2.95. The molecule has 0 saturated heterocycles. The van der Waals surface area contributed by atoms with E-state index < -0.39 is 15.4 Å². The second-order valence-electron chi connectivity index (χ2n) is 8.99. The number of fused-ring (bicyclic) bond motifs is 5. The summed E-state index contributed by atoms with van der Waals surface area (Å²) in [6, 6.07) is 5.82. The van der Waals surface area contributed by atoms with E-state index in [4.69, 9.17) is 4.18 Å². The van der Waals surface area contributed by atoms with Crippen molar-refractivity contribution in [2.75, 3.05) is 0 Å². The van der Waals surface area contributed by atoms with Gasteiger partial charge >= 0.3 is 10.1 Å². The number of carbonyl (C=O) groups excluding carboxylic acids is 1. The highest BCUT2D eigenvalue weighted by Gasteiger charge is 2.54. The molecule has 5 heteroatoms. The van der Waals surface area contributed by atoms with Crippen LogP contribution >= 0.6 is 0 Å². The van der Waals surface area contributed by atoms with Crippen molar-refractivity contribution >= 4 is 15.9 Å². The molecule has 3 aliphatic rings. The second kappa shape index (κ2) is 6.61. The van der Waals surface area contributed by atoms with Crippen LogP contribution in [0, 0.1) is 17.3 Å². The number of hydrogen-bond donors (Lipinski definition) is 0. The molecule has 1 aromatic carbocycles. The van der Waals surface area contributed by atoms with Crippen LogP contribution in [0.2, 0.25) is 0 Å². The van der Waals surface area contributed by atoms with Gasteiger partial charge in [0.05, 0.1) is 5.25 Å². The number of ketones is 1. The molecule has 1 aromatic rings. The first-order valence-electron chi connectivity index (χ1n) is 10.4. The third-order valence-electron chi connectivity index (χ3n) is 7.69. The molecule has 2 saturated carbocycles. The fourth-order valence-electron chi connectivity index (χ4n) is 5.80. The van der Waals surface area contributed by atoms with E-state index in [1.165, 1.54) is 11.1 Å². The monoisotopic (exact) mass is 390 g/mol. The summed E-state index contributed by atoms with van der Waals surface area (Å²) in [6.07, 6.45) is 6.40. The Hall–Kier alpha value is -1.36. The van der Waals surface area contributed by atoms with E-state index in [1.54, 1.807) is 6.92 Å². The highest BCUT2D eigenvalue weighted by atomic mass is 32.2. The average molecular weight is 391 g/mol. The van der Waals surface area contributed by atoms with Gasteiger partial charge in [-0.05, 0) is 86.5 Å². The van der Waals surface area contributed by atoms with Crippen molar-refractivity contribution in [3.05, 3.63) is 29.3 Å². The van der Waals surface area contributed by atoms with Gasteiger partial charge < -0.3 is 4.18 Å². The number of rotatable bonds is 4. The molecule has 0 aromatic heterocycles. The molecular weight excluding hydrogens is 360 g/mol. The van der Waals surface area contributed by atoms with E-state index in [-0.39, 0.29) is 5.41 Å². The van der Waals surface area contributed by atoms with E-state index >= 15 is 0 Å². The minimum atomic E-state index is -3.58. The normalized spacial score (nSPS) is 33.7. The summed E-state index contributed by atoms with van der Waals surface area (Å²) in [5.74, 6) is 2.50. The first kappa shape index (κ1) is 19.0. The van der Waals surface area contributed by atoms with Crippen LogP contribution in [0.4, 0.5) is 0 Å². The molecule has 0 amide bonds. The summed E-state index contributed by atoms with van der Waals surface area (Å²) >= 11 is 0. The lowest BCUT2D eigenvalue weighted by molar-refractivity contribution is -0.129. The van der Waals surface area contributed by atoms with Crippen LogP contribution in [-0.2, 0) is 21.3 Å². The molecule has 5 atom stereocenters. The van der Waals surface area contributed by atoms with E-state index in [2.05, 4.69) is 13.0 Å². The van der Waals surface area contributed by atoms with Gasteiger partial charge in [0.15, 0.2) is 0 Å². The Morgan fingerprint density at radius 3 is 2.74 bits per heavy atom. The third kappa shape index (κ3) is 3.02. The molecule has 0 heterocycles. The van der Waals surface area contributed by atoms with Gasteiger partial charge in [0.25, 0.3) is 0 Å². The highest BCUT2D eigenvalue weighted by Crippen LogP contribution is 2.59. The van der Waals surface area contributed by atoms with Crippen LogP contribution in [0.25, 0.3) is 0 Å². The van der Waals surface area contributed by atoms with Crippen LogP contribution in [0.5, 0.6) is 5.75 Å². The minimum Gasteiger partial charge on any atom is -0.382 e. The number of Topliss-reactive ketones (excluding diaryl/α,β-unsaturated/α-hetero) is 1. The van der Waals surface area contributed by atoms with E-state index in [1.807, 2.05) is 19.1 Å². The van der Waals surface area contributed by atoms with Crippen LogP contribution in [0.15, 0.2) is 18.2 Å². The molecule has 1 unspecified atom stereocenters. The molecule has 4 rings (SSSR count). The Kier molecular flexibility index (Phi) is 4.65. The Bertz CT molecular complexity index is 859. The van der Waals surface area contributed by atoms with E-state index in [0.717, 1.165) is 38.5 Å². The zero-order chi connectivity index (χ0) is 19.4. The number of carbonyl (C=O) groups is 1. The second-order valence-corrected chi connectivity index (χ2v) is 10.9. The number of hydrogen-bond acceptors (Lipinski definition) is 4. The summed E-state index contributed by atoms with van der Waals surface area (Å²) in [7, 11) is -3.58. The summed E-state index contributed by atoms with van der Waals surface area (Å²) in [5, 5.41) is -0.506. The summed E-state index contributed by atoms with van der Waals surface area (Å²) in [4.78, 5) is 12.4. The third-order valence-corrected chi connectivity index (χ3v) is 9.43. The molecule has 148 valence electrons. The van der Waals surface area contributed by atoms with Crippen molar-refractivity contribution in [2.24, 2.45) is 17.3 Å². The Morgan fingerprint density at radius 2 is 2.00 bits per heavy atom. The van der Waals surface area contributed by atoms with Crippen LogP contribution in [0.3, 0.4) is 0 Å². The summed E-state index contributed by atoms with van der Waals surface area (Å²) in [5.41, 5.74) is 2.47. The van der Waals surface area contributed by atoms with Gasteiger partial charge in [-0.2, -0.15) is 8.42 Å². The van der Waals surface area contributed by atoms with Crippen LogP contribution in [0.1, 0.15) is 76.3 Å². The predicted octanol–water partition coefficient (Wildman–Crippen LogP) is 4.62. The summed E-state index contributed by atoms with van der Waals surface area (Å²) in [6.45, 7) is 5.72. The Morgan fingerprint density at radius 1 is 1.22 bits per heavy atom. The van der Waals surface area contributed by atoms with Crippen LogP contribution in [-0.4, -0.2) is 19.5 Å². The van der Waals surface area contributed by atoms with Crippen molar-refractivity contribution in [1.29, 1.82) is 0 Å². The smallest absolute Gasteiger partial charge is 0.311 e. The molecule has 0 bridgehead atoms. The Labute approximate surface area is 162 Å². The molecule has 27 heavy (non-hydrogen) atoms. The summed E-state index contributed by atoms with van der Waals surface area (Å²) < 4.78 is 29.9. The molecule has 0 aliphatic heterocycles. The fraction of sp³-hybridized carbons (Fsp3) is 0.682. The van der Waals surface area contributed by atoms with Gasteiger partial charge in [0, 0.05) is 11.8 Å². The number of aryl methyl sites for hydroxylation is 1. The van der Waals surface area contributed by atoms with Gasteiger partial charge in [-0.25, -0.2) is 0 Å². The van der Waals surface area contributed by atoms with Gasteiger partial charge in [-0.3, -0.25) is 4.79 Å². The lowest BCUT2D eigenvalue weighted by atomic mass is 9.55. The van der Waals surface area contributed by atoms with E-state index in [9.17, 15) is 13.2 Å². The molecular formula is C22H30O4S. The number of benzene rings is 1. The van der Waals surface area contributed by atoms with Gasteiger partial charge in [0.1, 0.15) is 11.5 Å². The largest absolute Gasteiger partial charge is 0.382 e. The SMILES string of the molecule is CCC(C)S(=O)(=O)Oc1ccc2c(c1)CC[C@@H]1[C@@H]2CC[C@]2(C)C(=O)CC[C@@H]12. The quantitative estimate of drug-likeness (QED) is 0.704. The van der Waals surface area contributed by atoms with Crippen molar-refractivity contribution in [1.82, 2.24) is 0 Å². The molecule has 4 nitrogen and oxygen atoms in total. The molecule has 0 spiro atoms. The fourth-order valence-corrected chi connectivity index (χ4v) is 6.75. The van der Waals surface area contributed by atoms with Gasteiger partial charge in [0.2, 0.25) is 0 Å². The highest BCUT2D eigenvalue weighted by molar-refractivity contribution is 7.87. The minimum absolute atomic E-state index is 0.105.